The summed E-state index contributed by atoms with van der Waals surface area (Å²) in [5.74, 6) is -0.911. The Morgan fingerprint density at radius 2 is 1.77 bits per heavy atom. The average Bonchev–Trinajstić information content (AvgIpc) is 4.03. The Morgan fingerprint density at radius 3 is 2.45 bits per heavy atom. The van der Waals surface area contributed by atoms with Crippen LogP contribution in [0.2, 0.25) is 0 Å². The van der Waals surface area contributed by atoms with Gasteiger partial charge in [0.1, 0.15) is 45.9 Å². The lowest BCUT2D eigenvalue weighted by Gasteiger charge is -2.30. The topological polar surface area (TPSA) is 198 Å². The van der Waals surface area contributed by atoms with Crippen LogP contribution in [0.25, 0.3) is 21.6 Å². The van der Waals surface area contributed by atoms with Crippen LogP contribution in [0.3, 0.4) is 0 Å². The molecule has 0 unspecified atom stereocenters. The van der Waals surface area contributed by atoms with Gasteiger partial charge in [-0.1, -0.05) is 38.8 Å². The number of nitrogens with zero attached hydrogens (tertiary/aromatic N) is 3. The van der Waals surface area contributed by atoms with E-state index < -0.39 is 56.2 Å². The van der Waals surface area contributed by atoms with Crippen LogP contribution < -0.4 is 30.1 Å². The number of sulfonamides is 1. The summed E-state index contributed by atoms with van der Waals surface area (Å²) in [6.45, 7) is 9.19. The van der Waals surface area contributed by atoms with Crippen molar-refractivity contribution >= 4 is 67.3 Å². The number of ether oxygens (including phenoxy) is 2. The molecule has 340 valence electrons. The molecule has 3 fully saturated rings. The first kappa shape index (κ1) is 45.0. The molecule has 4 N–H and O–H groups in total. The zero-order chi connectivity index (χ0) is 45.6. The molecule has 0 bridgehead atoms. The Hall–Kier alpha value is -5.55. The third-order valence-electron chi connectivity index (χ3n) is 13.0. The van der Waals surface area contributed by atoms with E-state index in [0.29, 0.717) is 53.3 Å². The number of nitrogens with one attached hydrogen (secondary N) is 4. The molecule has 2 aromatic carbocycles. The Labute approximate surface area is 378 Å². The number of hydrogen-bond acceptors (Lipinski definition) is 12. The van der Waals surface area contributed by atoms with Crippen molar-refractivity contribution in [2.75, 3.05) is 24.3 Å². The molecule has 0 spiro atoms. The summed E-state index contributed by atoms with van der Waals surface area (Å²) in [7, 11) is -2.40. The van der Waals surface area contributed by atoms with Gasteiger partial charge in [-0.05, 0) is 94.7 Å². The zero-order valence-corrected chi connectivity index (χ0v) is 38.8. The highest BCUT2D eigenvalue weighted by Crippen LogP contribution is 2.48. The molecule has 64 heavy (non-hydrogen) atoms. The zero-order valence-electron chi connectivity index (χ0n) is 37.2. The van der Waals surface area contributed by atoms with Crippen LogP contribution in [0, 0.1) is 12.8 Å². The summed E-state index contributed by atoms with van der Waals surface area (Å²) >= 11 is 1.49. The summed E-state index contributed by atoms with van der Waals surface area (Å²) in [6.07, 6.45) is 8.01. The minimum atomic E-state index is -4.00. The van der Waals surface area contributed by atoms with Gasteiger partial charge < -0.3 is 30.3 Å². The average molecular weight is 912 g/mol. The van der Waals surface area contributed by atoms with Crippen molar-refractivity contribution in [3.8, 4) is 22.2 Å². The SMILES string of the molecule is COc1ccc2c(O[C@@H]3C[C@H]4C(=O)N[C@]5(C(=O)NS(=O)(=O)C6(C)CC6)C[C@H]5/C=C\CCCCC[C@H](Nc5ccc(NC(C)=O)cc5)C(=O)N4C3)cc(-c3nc(C(C)C)cs3)nc2c1C. The lowest BCUT2D eigenvalue weighted by atomic mass is 10.0. The number of anilines is 2. The van der Waals surface area contributed by atoms with Crippen molar-refractivity contribution in [1.82, 2.24) is 24.9 Å². The van der Waals surface area contributed by atoms with Gasteiger partial charge >= 0.3 is 0 Å². The molecule has 17 heteroatoms. The van der Waals surface area contributed by atoms with Crippen molar-refractivity contribution in [3.63, 3.8) is 0 Å². The molecular formula is C47H57N7O8S2. The molecule has 4 amide bonds. The van der Waals surface area contributed by atoms with Gasteiger partial charge in [0.2, 0.25) is 27.7 Å². The number of carbonyl (C=O) groups is 4. The number of allylic oxidation sites excluding steroid dienone is 1. The molecule has 2 saturated carbocycles. The molecule has 1 saturated heterocycles. The van der Waals surface area contributed by atoms with Gasteiger partial charge in [-0.25, -0.2) is 18.4 Å². The molecule has 15 nitrogen and oxygen atoms in total. The van der Waals surface area contributed by atoms with Gasteiger partial charge in [-0.2, -0.15) is 0 Å². The van der Waals surface area contributed by atoms with E-state index in [1.165, 1.54) is 23.2 Å². The number of methoxy groups -OCH3 is 1. The number of thiazole rings is 1. The molecule has 2 aliphatic heterocycles. The predicted octanol–water partition coefficient (Wildman–Crippen LogP) is 6.98. The van der Waals surface area contributed by atoms with Gasteiger partial charge in [0, 0.05) is 53.0 Å². The number of aryl methyl sites for hydroxylation is 1. The monoisotopic (exact) mass is 911 g/mol. The summed E-state index contributed by atoms with van der Waals surface area (Å²) in [5.41, 5.74) is 2.80. The van der Waals surface area contributed by atoms with E-state index in [2.05, 4.69) is 34.5 Å². The standard InChI is InChI=1S/C47H57N7O8S2/c1-27(2)37-26-63-43(51-37)36-23-40(34-18-19-39(61-6)28(3)41(34)50-36)62-33-22-38-42(56)52-47(45(58)53-64(59,60)46(5)20-21-46)24-30(47)12-10-8-7-9-11-13-35(44(57)54(38)25-33)49-32-16-14-31(15-17-32)48-29(4)55/h10,12,14-19,23,26-27,30,33,35,38,49H,7-9,11,13,20-22,24-25H2,1-6H3,(H,48,55)(H,52,56)(H,53,58)/b12-10-/t30-,33-,35+,38+,47-/m1/s1. The van der Waals surface area contributed by atoms with Crippen LogP contribution in [0.15, 0.2) is 60.0 Å². The number of pyridine rings is 1. The van der Waals surface area contributed by atoms with Crippen LogP contribution in [0.4, 0.5) is 11.4 Å². The Morgan fingerprint density at radius 1 is 1.02 bits per heavy atom. The Kier molecular flexibility index (Phi) is 12.5. The molecule has 2 aliphatic carbocycles. The number of carbonyl (C=O) groups excluding carboxylic acids is 4. The van der Waals surface area contributed by atoms with E-state index in [9.17, 15) is 22.8 Å². The summed E-state index contributed by atoms with van der Waals surface area (Å²) in [4.78, 5) is 67.1. The molecule has 8 rings (SSSR count). The fraction of sp³-hybridized carbons (Fsp3) is 0.489. The first-order valence-corrected chi connectivity index (χ1v) is 24.5. The molecular weight excluding hydrogens is 855 g/mol. The van der Waals surface area contributed by atoms with E-state index in [-0.39, 0.29) is 37.1 Å². The second-order valence-electron chi connectivity index (χ2n) is 18.2. The molecule has 4 aromatic rings. The second kappa shape index (κ2) is 17.8. The summed E-state index contributed by atoms with van der Waals surface area (Å²) in [6, 6.07) is 10.9. The van der Waals surface area contributed by atoms with Gasteiger partial charge in [0.15, 0.2) is 0 Å². The second-order valence-corrected chi connectivity index (χ2v) is 21.2. The number of amides is 4. The highest BCUT2D eigenvalue weighted by Gasteiger charge is 2.63. The first-order chi connectivity index (χ1) is 30.5. The van der Waals surface area contributed by atoms with Crippen molar-refractivity contribution in [2.45, 2.75) is 127 Å². The normalized spacial score (nSPS) is 25.0. The van der Waals surface area contributed by atoms with E-state index in [1.807, 2.05) is 42.7 Å². The van der Waals surface area contributed by atoms with Crippen LogP contribution in [0.5, 0.6) is 11.5 Å². The molecule has 2 aromatic heterocycles. The van der Waals surface area contributed by atoms with Gasteiger partial charge in [-0.3, -0.25) is 23.9 Å². The van der Waals surface area contributed by atoms with Crippen molar-refractivity contribution in [1.29, 1.82) is 0 Å². The maximum Gasteiger partial charge on any atom is 0.259 e. The van der Waals surface area contributed by atoms with Crippen molar-refractivity contribution in [2.24, 2.45) is 5.92 Å². The third kappa shape index (κ3) is 9.19. The first-order valence-electron chi connectivity index (χ1n) is 22.1. The van der Waals surface area contributed by atoms with Crippen LogP contribution in [-0.4, -0.2) is 89.0 Å². The number of fused-ring (bicyclic) bond motifs is 3. The van der Waals surface area contributed by atoms with Crippen molar-refractivity contribution in [3.05, 3.63) is 71.3 Å². The van der Waals surface area contributed by atoms with Crippen LogP contribution in [0.1, 0.15) is 103 Å². The number of rotatable bonds is 11. The van der Waals surface area contributed by atoms with Crippen LogP contribution >= 0.6 is 11.3 Å². The highest BCUT2D eigenvalue weighted by molar-refractivity contribution is 7.91. The van der Waals surface area contributed by atoms with E-state index in [4.69, 9.17) is 19.4 Å². The lowest BCUT2D eigenvalue weighted by molar-refractivity contribution is -0.140. The van der Waals surface area contributed by atoms with Gasteiger partial charge in [0.25, 0.3) is 5.91 Å². The molecule has 4 aliphatic rings. The van der Waals surface area contributed by atoms with Gasteiger partial charge in [-0.15, -0.1) is 11.3 Å². The van der Waals surface area contributed by atoms with Crippen LogP contribution in [-0.2, 0) is 29.2 Å². The minimum absolute atomic E-state index is 0.0505. The number of benzene rings is 2. The Balaban J connectivity index is 1.15. The maximum atomic E-state index is 15.0. The maximum absolute atomic E-state index is 15.0. The van der Waals surface area contributed by atoms with E-state index in [1.54, 1.807) is 38.3 Å². The van der Waals surface area contributed by atoms with Crippen molar-refractivity contribution < 1.29 is 37.1 Å². The molecule has 4 heterocycles. The summed E-state index contributed by atoms with van der Waals surface area (Å²) < 4.78 is 40.5. The van der Waals surface area contributed by atoms with E-state index >= 15 is 4.79 Å². The highest BCUT2D eigenvalue weighted by atomic mass is 32.2. The Bertz CT molecular complexity index is 2610. The third-order valence-corrected chi connectivity index (χ3v) is 16.1. The number of aromatic nitrogens is 2. The number of hydrogen-bond donors (Lipinski definition) is 4. The molecule has 5 atom stereocenters. The quantitative estimate of drug-likeness (QED) is 0.113. The fourth-order valence-electron chi connectivity index (χ4n) is 8.66. The molecule has 0 radical (unpaired) electrons. The minimum Gasteiger partial charge on any atom is -0.496 e. The van der Waals surface area contributed by atoms with Gasteiger partial charge in [0.05, 0.1) is 29.6 Å². The fourth-order valence-corrected chi connectivity index (χ4v) is 10.9. The predicted molar refractivity (Wildman–Crippen MR) is 247 cm³/mol. The summed E-state index contributed by atoms with van der Waals surface area (Å²) in [5, 5.41) is 12.6. The van der Waals surface area contributed by atoms with E-state index in [0.717, 1.165) is 47.3 Å². The smallest absolute Gasteiger partial charge is 0.259 e. The largest absolute Gasteiger partial charge is 0.496 e. The lowest BCUT2D eigenvalue weighted by Crippen LogP contribution is -2.58.